The monoisotopic (exact) mass is 344 g/mol. The van der Waals surface area contributed by atoms with Crippen molar-refractivity contribution in [2.24, 2.45) is 5.73 Å². The van der Waals surface area contributed by atoms with Gasteiger partial charge >= 0.3 is 0 Å². The molecule has 6 heteroatoms. The van der Waals surface area contributed by atoms with Gasteiger partial charge in [0.1, 0.15) is 5.75 Å². The molecule has 0 spiro atoms. The zero-order valence-corrected chi connectivity index (χ0v) is 11.1. The number of primary amides is 1. The number of carbonyl (C=O) groups excluding carboxylic acids is 1. The van der Waals surface area contributed by atoms with E-state index in [1.807, 2.05) is 6.07 Å². The SMILES string of the molecule is COc1ccc(-c2ocnc2C(N)=O)cc1I. The molecule has 1 aromatic heterocycles. The molecule has 0 unspecified atom stereocenters. The summed E-state index contributed by atoms with van der Waals surface area (Å²) in [6, 6.07) is 5.42. The van der Waals surface area contributed by atoms with Gasteiger partial charge < -0.3 is 14.9 Å². The predicted octanol–water partition coefficient (Wildman–Crippen LogP) is 2.05. The Morgan fingerprint density at radius 2 is 2.29 bits per heavy atom. The van der Waals surface area contributed by atoms with Gasteiger partial charge in [-0.2, -0.15) is 0 Å². The fourth-order valence-corrected chi connectivity index (χ4v) is 2.17. The standard InChI is InChI=1S/C11H9IN2O3/c1-16-8-3-2-6(4-7(8)12)10-9(11(13)15)14-5-17-10/h2-5H,1H3,(H2,13,15). The third-order valence-electron chi connectivity index (χ3n) is 2.21. The fourth-order valence-electron chi connectivity index (χ4n) is 1.43. The minimum absolute atomic E-state index is 0.131. The van der Waals surface area contributed by atoms with E-state index in [9.17, 15) is 4.79 Å². The number of amides is 1. The number of methoxy groups -OCH3 is 1. The number of carbonyl (C=O) groups is 1. The lowest BCUT2D eigenvalue weighted by atomic mass is 10.1. The predicted molar refractivity (Wildman–Crippen MR) is 69.7 cm³/mol. The molecule has 1 aromatic carbocycles. The van der Waals surface area contributed by atoms with Gasteiger partial charge in [-0.3, -0.25) is 4.79 Å². The van der Waals surface area contributed by atoms with E-state index >= 15 is 0 Å². The number of benzene rings is 1. The van der Waals surface area contributed by atoms with Crippen LogP contribution in [0.3, 0.4) is 0 Å². The molecule has 0 aliphatic heterocycles. The van der Waals surface area contributed by atoms with E-state index in [0.29, 0.717) is 5.76 Å². The summed E-state index contributed by atoms with van der Waals surface area (Å²) in [6.45, 7) is 0. The zero-order valence-electron chi connectivity index (χ0n) is 8.94. The summed E-state index contributed by atoms with van der Waals surface area (Å²) in [4.78, 5) is 14.9. The van der Waals surface area contributed by atoms with Crippen LogP contribution in [0.1, 0.15) is 10.5 Å². The summed E-state index contributed by atoms with van der Waals surface area (Å²) in [5.74, 6) is 0.520. The van der Waals surface area contributed by atoms with Crippen molar-refractivity contribution in [1.29, 1.82) is 0 Å². The molecule has 88 valence electrons. The Labute approximate surface area is 111 Å². The molecule has 5 nitrogen and oxygen atoms in total. The molecule has 0 bridgehead atoms. The van der Waals surface area contributed by atoms with Gasteiger partial charge in [0.25, 0.3) is 5.91 Å². The highest BCUT2D eigenvalue weighted by Crippen LogP contribution is 2.29. The largest absolute Gasteiger partial charge is 0.496 e. The topological polar surface area (TPSA) is 78.3 Å². The molecule has 0 aliphatic carbocycles. The highest BCUT2D eigenvalue weighted by molar-refractivity contribution is 14.1. The zero-order chi connectivity index (χ0) is 12.4. The van der Waals surface area contributed by atoms with Crippen LogP contribution in [0.15, 0.2) is 29.0 Å². The Morgan fingerprint density at radius 3 is 2.88 bits per heavy atom. The number of hydrogen-bond donors (Lipinski definition) is 1. The lowest BCUT2D eigenvalue weighted by Crippen LogP contribution is -2.12. The molecule has 0 atom stereocenters. The molecule has 2 aromatic rings. The van der Waals surface area contributed by atoms with Crippen molar-refractivity contribution < 1.29 is 13.9 Å². The summed E-state index contributed by atoms with van der Waals surface area (Å²) in [5.41, 5.74) is 6.07. The van der Waals surface area contributed by atoms with E-state index in [1.165, 1.54) is 6.39 Å². The number of hydrogen-bond acceptors (Lipinski definition) is 4. The lowest BCUT2D eigenvalue weighted by molar-refractivity contribution is 0.0996. The Bertz CT molecular complexity index is 566. The van der Waals surface area contributed by atoms with Gasteiger partial charge in [-0.15, -0.1) is 0 Å². The van der Waals surface area contributed by atoms with E-state index in [0.717, 1.165) is 14.9 Å². The van der Waals surface area contributed by atoms with Crippen molar-refractivity contribution in [2.45, 2.75) is 0 Å². The van der Waals surface area contributed by atoms with Crippen molar-refractivity contribution >= 4 is 28.5 Å². The first kappa shape index (κ1) is 11.9. The molecule has 0 saturated carbocycles. The average molecular weight is 344 g/mol. The number of rotatable bonds is 3. The van der Waals surface area contributed by atoms with Crippen LogP contribution in [-0.4, -0.2) is 18.0 Å². The molecule has 1 amide bonds. The third-order valence-corrected chi connectivity index (χ3v) is 3.06. The Hall–Kier alpha value is -1.57. The van der Waals surface area contributed by atoms with Crippen LogP contribution < -0.4 is 10.5 Å². The number of ether oxygens (including phenoxy) is 1. The Balaban J connectivity index is 2.50. The highest BCUT2D eigenvalue weighted by Gasteiger charge is 2.16. The maximum absolute atomic E-state index is 11.1. The van der Waals surface area contributed by atoms with Crippen molar-refractivity contribution in [3.63, 3.8) is 0 Å². The number of halogens is 1. The van der Waals surface area contributed by atoms with Gasteiger partial charge in [0.15, 0.2) is 17.8 Å². The molecule has 0 saturated heterocycles. The smallest absolute Gasteiger partial charge is 0.271 e. The summed E-state index contributed by atoms with van der Waals surface area (Å²) < 4.78 is 11.2. The number of nitrogens with two attached hydrogens (primary N) is 1. The third kappa shape index (κ3) is 2.26. The Morgan fingerprint density at radius 1 is 1.53 bits per heavy atom. The van der Waals surface area contributed by atoms with E-state index in [4.69, 9.17) is 14.9 Å². The van der Waals surface area contributed by atoms with Gasteiger partial charge in [-0.1, -0.05) is 0 Å². The van der Waals surface area contributed by atoms with Crippen molar-refractivity contribution in [3.8, 4) is 17.1 Å². The number of nitrogens with zero attached hydrogens (tertiary/aromatic N) is 1. The van der Waals surface area contributed by atoms with Crippen molar-refractivity contribution in [1.82, 2.24) is 4.98 Å². The quantitative estimate of drug-likeness (QED) is 0.865. The van der Waals surface area contributed by atoms with Gasteiger partial charge in [0.05, 0.1) is 10.7 Å². The van der Waals surface area contributed by atoms with Crippen LogP contribution in [0.25, 0.3) is 11.3 Å². The van der Waals surface area contributed by atoms with Gasteiger partial charge in [0.2, 0.25) is 0 Å². The van der Waals surface area contributed by atoms with E-state index in [2.05, 4.69) is 27.6 Å². The molecule has 2 rings (SSSR count). The summed E-state index contributed by atoms with van der Waals surface area (Å²) in [7, 11) is 1.60. The highest BCUT2D eigenvalue weighted by atomic mass is 127. The molecular formula is C11H9IN2O3. The fraction of sp³-hybridized carbons (Fsp3) is 0.0909. The molecule has 17 heavy (non-hydrogen) atoms. The van der Waals surface area contributed by atoms with Gasteiger partial charge in [0, 0.05) is 5.56 Å². The number of oxazole rings is 1. The second kappa shape index (κ2) is 4.74. The lowest BCUT2D eigenvalue weighted by Gasteiger charge is -2.04. The molecule has 2 N–H and O–H groups in total. The second-order valence-electron chi connectivity index (χ2n) is 3.24. The summed E-state index contributed by atoms with van der Waals surface area (Å²) >= 11 is 2.14. The van der Waals surface area contributed by atoms with E-state index in [-0.39, 0.29) is 5.69 Å². The van der Waals surface area contributed by atoms with E-state index in [1.54, 1.807) is 19.2 Å². The molecule has 0 aliphatic rings. The van der Waals surface area contributed by atoms with Gasteiger partial charge in [-0.05, 0) is 40.8 Å². The summed E-state index contributed by atoms with van der Waals surface area (Å²) in [6.07, 6.45) is 1.20. The molecule has 1 heterocycles. The van der Waals surface area contributed by atoms with Crippen LogP contribution >= 0.6 is 22.6 Å². The summed E-state index contributed by atoms with van der Waals surface area (Å²) in [5, 5.41) is 0. The Kier molecular flexibility index (Phi) is 3.32. The van der Waals surface area contributed by atoms with E-state index < -0.39 is 5.91 Å². The van der Waals surface area contributed by atoms with Crippen LogP contribution in [0.4, 0.5) is 0 Å². The first-order valence-corrected chi connectivity index (χ1v) is 5.78. The average Bonchev–Trinajstić information content (AvgIpc) is 2.77. The molecule has 0 fully saturated rings. The molecular weight excluding hydrogens is 335 g/mol. The van der Waals surface area contributed by atoms with Crippen LogP contribution in [0, 0.1) is 3.57 Å². The maximum atomic E-state index is 11.1. The minimum atomic E-state index is -0.612. The van der Waals surface area contributed by atoms with Crippen molar-refractivity contribution in [3.05, 3.63) is 33.9 Å². The van der Waals surface area contributed by atoms with Gasteiger partial charge in [-0.25, -0.2) is 4.98 Å². The van der Waals surface area contributed by atoms with Crippen LogP contribution in [0.2, 0.25) is 0 Å². The number of aromatic nitrogens is 1. The first-order chi connectivity index (χ1) is 8.13. The van der Waals surface area contributed by atoms with Crippen LogP contribution in [0.5, 0.6) is 5.75 Å². The normalized spacial score (nSPS) is 10.2. The second-order valence-corrected chi connectivity index (χ2v) is 4.41. The van der Waals surface area contributed by atoms with Crippen LogP contribution in [-0.2, 0) is 0 Å². The maximum Gasteiger partial charge on any atom is 0.271 e. The minimum Gasteiger partial charge on any atom is -0.496 e. The molecule has 0 radical (unpaired) electrons. The van der Waals surface area contributed by atoms with Crippen molar-refractivity contribution in [2.75, 3.05) is 7.11 Å². The first-order valence-electron chi connectivity index (χ1n) is 4.70.